The van der Waals surface area contributed by atoms with Crippen molar-refractivity contribution in [3.63, 3.8) is 0 Å². The van der Waals surface area contributed by atoms with Gasteiger partial charge in [0.2, 0.25) is 0 Å². The molecule has 37 heavy (non-hydrogen) atoms. The van der Waals surface area contributed by atoms with Gasteiger partial charge < -0.3 is 9.16 Å². The summed E-state index contributed by atoms with van der Waals surface area (Å²) in [5.74, 6) is 0.466. The fourth-order valence-corrected chi connectivity index (χ4v) is 5.54. The number of ether oxygens (including phenoxy) is 1. The summed E-state index contributed by atoms with van der Waals surface area (Å²) < 4.78 is 17.2. The standard InChI is InChI=1S/C26H33N7O3Si/c1-26(2,3)37(4,5)36-13-10-31-22-17-28-23(20-16-29-32-9-6-18(15-27)14-21(20)32)30-24(22)33(25(31)34)19-7-11-35-12-8-19/h6,9,14,16-17,19H,7-8,10-13H2,1-5H3. The second-order valence-corrected chi connectivity index (χ2v) is 15.9. The van der Waals surface area contributed by atoms with Crippen LogP contribution < -0.4 is 5.69 Å². The molecule has 194 valence electrons. The van der Waals surface area contributed by atoms with Gasteiger partial charge in [-0.15, -0.1) is 0 Å². The predicted molar refractivity (Wildman–Crippen MR) is 143 cm³/mol. The Balaban J connectivity index is 1.58. The van der Waals surface area contributed by atoms with E-state index < -0.39 is 8.32 Å². The van der Waals surface area contributed by atoms with E-state index in [1.807, 2.05) is 4.57 Å². The Morgan fingerprint density at radius 2 is 1.97 bits per heavy atom. The van der Waals surface area contributed by atoms with Crippen LogP contribution in [-0.4, -0.2) is 56.9 Å². The van der Waals surface area contributed by atoms with Crippen molar-refractivity contribution >= 4 is 25.0 Å². The molecule has 0 bridgehead atoms. The van der Waals surface area contributed by atoms with Gasteiger partial charge in [-0.2, -0.15) is 10.4 Å². The molecule has 4 aromatic heterocycles. The van der Waals surface area contributed by atoms with Crippen molar-refractivity contribution in [3.8, 4) is 17.5 Å². The van der Waals surface area contributed by atoms with E-state index in [2.05, 4.69) is 50.0 Å². The molecule has 5 heterocycles. The molecule has 11 heteroatoms. The third-order valence-electron chi connectivity index (χ3n) is 7.74. The quantitative estimate of drug-likeness (QED) is 0.352. The number of aromatic nitrogens is 6. The molecular formula is C26H33N7O3Si. The number of hydrogen-bond acceptors (Lipinski definition) is 7. The van der Waals surface area contributed by atoms with E-state index in [4.69, 9.17) is 14.1 Å². The van der Waals surface area contributed by atoms with Crippen molar-refractivity contribution in [2.24, 2.45) is 0 Å². The van der Waals surface area contributed by atoms with Crippen LogP contribution in [0.3, 0.4) is 0 Å². The first-order chi connectivity index (χ1) is 17.6. The van der Waals surface area contributed by atoms with E-state index in [-0.39, 0.29) is 16.8 Å². The van der Waals surface area contributed by atoms with Crippen molar-refractivity contribution in [1.29, 1.82) is 5.26 Å². The molecule has 0 saturated carbocycles. The molecule has 0 atom stereocenters. The lowest BCUT2D eigenvalue weighted by Crippen LogP contribution is -2.42. The van der Waals surface area contributed by atoms with Gasteiger partial charge in [-0.05, 0) is 43.1 Å². The zero-order valence-corrected chi connectivity index (χ0v) is 23.1. The molecule has 1 saturated heterocycles. The summed E-state index contributed by atoms with van der Waals surface area (Å²) in [6.45, 7) is 13.2. The average molecular weight is 520 g/mol. The number of nitrogens with zero attached hydrogens (tertiary/aromatic N) is 7. The molecule has 4 aromatic rings. The van der Waals surface area contributed by atoms with Gasteiger partial charge in [0.25, 0.3) is 0 Å². The van der Waals surface area contributed by atoms with Gasteiger partial charge in [0.15, 0.2) is 19.8 Å². The Morgan fingerprint density at radius 1 is 1.22 bits per heavy atom. The third-order valence-corrected chi connectivity index (χ3v) is 12.3. The maximum absolute atomic E-state index is 13.8. The first-order valence-corrected chi connectivity index (χ1v) is 15.6. The SMILES string of the molecule is CC(C)(C)[Si](C)(C)OCCn1c(=O)n(C2CCOCC2)c2nc(-c3cnn4ccc(C#N)cc34)ncc21. The number of pyridine rings is 1. The summed E-state index contributed by atoms with van der Waals surface area (Å²) in [7, 11) is -1.95. The highest BCUT2D eigenvalue weighted by Gasteiger charge is 2.37. The maximum atomic E-state index is 13.8. The van der Waals surface area contributed by atoms with E-state index in [1.54, 1.807) is 39.8 Å². The minimum atomic E-state index is -1.95. The van der Waals surface area contributed by atoms with Crippen molar-refractivity contribution in [2.75, 3.05) is 19.8 Å². The van der Waals surface area contributed by atoms with Gasteiger partial charge in [-0.3, -0.25) is 9.13 Å². The second-order valence-electron chi connectivity index (χ2n) is 11.1. The van der Waals surface area contributed by atoms with Gasteiger partial charge in [-0.1, -0.05) is 20.8 Å². The Bertz CT molecular complexity index is 1550. The lowest BCUT2D eigenvalue weighted by atomic mass is 10.1. The van der Waals surface area contributed by atoms with Gasteiger partial charge in [0, 0.05) is 25.5 Å². The molecule has 0 aromatic carbocycles. The van der Waals surface area contributed by atoms with Crippen molar-refractivity contribution in [1.82, 2.24) is 28.7 Å². The molecule has 1 aliphatic heterocycles. The smallest absolute Gasteiger partial charge is 0.330 e. The molecule has 1 aliphatic rings. The van der Waals surface area contributed by atoms with E-state index in [0.29, 0.717) is 54.5 Å². The molecule has 0 N–H and O–H groups in total. The van der Waals surface area contributed by atoms with Gasteiger partial charge in [0.05, 0.1) is 48.3 Å². The predicted octanol–water partition coefficient (Wildman–Crippen LogP) is 4.15. The van der Waals surface area contributed by atoms with Crippen LogP contribution in [-0.2, 0) is 15.7 Å². The zero-order valence-electron chi connectivity index (χ0n) is 22.1. The van der Waals surface area contributed by atoms with Crippen LogP contribution in [0.1, 0.15) is 45.2 Å². The lowest BCUT2D eigenvalue weighted by Gasteiger charge is -2.36. The summed E-state index contributed by atoms with van der Waals surface area (Å²) in [5, 5.41) is 13.8. The third kappa shape index (κ3) is 4.61. The number of imidazole rings is 1. The van der Waals surface area contributed by atoms with Crippen LogP contribution >= 0.6 is 0 Å². The Hall–Kier alpha value is -3.33. The van der Waals surface area contributed by atoms with E-state index >= 15 is 0 Å². The average Bonchev–Trinajstić information content (AvgIpc) is 3.41. The molecule has 0 amide bonds. The van der Waals surface area contributed by atoms with Gasteiger partial charge >= 0.3 is 5.69 Å². The number of fused-ring (bicyclic) bond motifs is 2. The topological polar surface area (TPSA) is 112 Å². The summed E-state index contributed by atoms with van der Waals surface area (Å²) >= 11 is 0. The van der Waals surface area contributed by atoms with E-state index in [9.17, 15) is 10.1 Å². The highest BCUT2D eigenvalue weighted by atomic mass is 28.4. The number of nitriles is 1. The fourth-order valence-electron chi connectivity index (χ4n) is 4.51. The van der Waals surface area contributed by atoms with Crippen molar-refractivity contribution in [3.05, 3.63) is 46.8 Å². The fraction of sp³-hybridized carbons (Fsp3) is 0.500. The highest BCUT2D eigenvalue weighted by molar-refractivity contribution is 6.74. The molecule has 0 unspecified atom stereocenters. The van der Waals surface area contributed by atoms with Crippen LogP contribution in [0, 0.1) is 11.3 Å². The largest absolute Gasteiger partial charge is 0.415 e. The first-order valence-electron chi connectivity index (χ1n) is 12.7. The Kier molecular flexibility index (Phi) is 6.51. The Morgan fingerprint density at radius 3 is 2.68 bits per heavy atom. The zero-order chi connectivity index (χ0) is 26.4. The summed E-state index contributed by atoms with van der Waals surface area (Å²) in [6.07, 6.45) is 6.66. The van der Waals surface area contributed by atoms with E-state index in [0.717, 1.165) is 18.4 Å². The highest BCUT2D eigenvalue weighted by Crippen LogP contribution is 2.36. The maximum Gasteiger partial charge on any atom is 0.330 e. The molecule has 0 radical (unpaired) electrons. The lowest BCUT2D eigenvalue weighted by molar-refractivity contribution is 0.0694. The molecule has 5 rings (SSSR count). The summed E-state index contributed by atoms with van der Waals surface area (Å²) in [6, 6.07) is 5.65. The van der Waals surface area contributed by atoms with Gasteiger partial charge in [-0.25, -0.2) is 19.3 Å². The van der Waals surface area contributed by atoms with Crippen LogP contribution in [0.15, 0.2) is 35.5 Å². The minimum absolute atomic E-state index is 0.00292. The monoisotopic (exact) mass is 519 g/mol. The Labute approximate surface area is 216 Å². The minimum Gasteiger partial charge on any atom is -0.415 e. The van der Waals surface area contributed by atoms with Crippen LogP contribution in [0.4, 0.5) is 0 Å². The molecular weight excluding hydrogens is 486 g/mol. The van der Waals surface area contributed by atoms with Crippen LogP contribution in [0.25, 0.3) is 28.1 Å². The van der Waals surface area contributed by atoms with Crippen molar-refractivity contribution < 1.29 is 9.16 Å². The summed E-state index contributed by atoms with van der Waals surface area (Å²) in [5.41, 5.74) is 3.17. The second kappa shape index (κ2) is 9.52. The van der Waals surface area contributed by atoms with E-state index in [1.165, 1.54) is 0 Å². The number of hydrogen-bond donors (Lipinski definition) is 0. The van der Waals surface area contributed by atoms with Crippen molar-refractivity contribution in [2.45, 2.75) is 64.3 Å². The first kappa shape index (κ1) is 25.3. The van der Waals surface area contributed by atoms with Gasteiger partial charge in [0.1, 0.15) is 5.52 Å². The number of rotatable bonds is 6. The molecule has 1 fully saturated rings. The molecule has 10 nitrogen and oxygen atoms in total. The summed E-state index contributed by atoms with van der Waals surface area (Å²) in [4.78, 5) is 23.3. The molecule has 0 spiro atoms. The molecule has 0 aliphatic carbocycles. The van der Waals surface area contributed by atoms with Crippen LogP contribution in [0.2, 0.25) is 18.1 Å². The normalized spacial score (nSPS) is 15.5. The van der Waals surface area contributed by atoms with Crippen LogP contribution in [0.5, 0.6) is 0 Å².